The first-order valence-electron chi connectivity index (χ1n) is 11.8. The summed E-state index contributed by atoms with van der Waals surface area (Å²) in [6.45, 7) is 7.14. The first-order chi connectivity index (χ1) is 16.1. The van der Waals surface area contributed by atoms with E-state index in [2.05, 4.69) is 42.0 Å². The van der Waals surface area contributed by atoms with E-state index in [0.717, 1.165) is 72.2 Å². The van der Waals surface area contributed by atoms with Crippen LogP contribution in [0.2, 0.25) is 0 Å². The van der Waals surface area contributed by atoms with Crippen molar-refractivity contribution in [3.05, 3.63) is 78.9 Å². The van der Waals surface area contributed by atoms with E-state index in [9.17, 15) is 4.79 Å². The lowest BCUT2D eigenvalue weighted by Crippen LogP contribution is -2.38. The minimum absolute atomic E-state index is 0.0939. The van der Waals surface area contributed by atoms with Gasteiger partial charge in [0.05, 0.1) is 6.61 Å². The number of likely N-dealkylation sites (N-methyl/N-ethyl adjacent to an activating group) is 1. The van der Waals surface area contributed by atoms with E-state index in [0.29, 0.717) is 13.2 Å². The molecule has 1 aliphatic rings. The first-order valence-corrected chi connectivity index (χ1v) is 11.8. The molecular weight excluding hydrogens is 410 g/mol. The van der Waals surface area contributed by atoms with Crippen molar-refractivity contribution in [3.63, 3.8) is 0 Å². The molecule has 0 spiro atoms. The van der Waals surface area contributed by atoms with E-state index in [1.54, 1.807) is 0 Å². The van der Waals surface area contributed by atoms with Crippen molar-refractivity contribution in [1.29, 1.82) is 0 Å². The second-order valence-electron chi connectivity index (χ2n) is 8.64. The van der Waals surface area contributed by atoms with Crippen LogP contribution in [0.5, 0.6) is 5.75 Å². The number of aryl methyl sites for hydroxylation is 1. The highest BCUT2D eigenvalue weighted by Crippen LogP contribution is 2.31. The summed E-state index contributed by atoms with van der Waals surface area (Å²) in [4.78, 5) is 17.2. The standard InChI is InChI=1S/C28H33N3O2/c1-3-16-30(2)17-6-7-19-33-26-14-15-27-24(21-26)11-8-18-31(27)28(32)29-25-13-12-22-9-4-5-10-23(22)20-25/h3-5,9-10,12-15,20-21H,1,6-8,11,16-19H2,2H3,(H,29,32). The Morgan fingerprint density at radius 3 is 2.82 bits per heavy atom. The van der Waals surface area contributed by atoms with Crippen molar-refractivity contribution in [2.45, 2.75) is 25.7 Å². The Labute approximate surface area is 196 Å². The number of unbranched alkanes of at least 4 members (excludes halogenated alkanes) is 1. The molecule has 0 aliphatic carbocycles. The number of fused-ring (bicyclic) bond motifs is 2. The number of hydrogen-bond donors (Lipinski definition) is 1. The number of rotatable bonds is 9. The molecule has 3 aromatic carbocycles. The fourth-order valence-electron chi connectivity index (χ4n) is 4.32. The molecule has 5 heteroatoms. The summed E-state index contributed by atoms with van der Waals surface area (Å²) in [5.74, 6) is 0.880. The lowest BCUT2D eigenvalue weighted by Gasteiger charge is -2.30. The Balaban J connectivity index is 1.35. The summed E-state index contributed by atoms with van der Waals surface area (Å²) in [6.07, 6.45) is 5.93. The Kier molecular flexibility index (Phi) is 7.63. The molecule has 3 aromatic rings. The Hall–Kier alpha value is -3.31. The van der Waals surface area contributed by atoms with Crippen LogP contribution in [0, 0.1) is 0 Å². The Morgan fingerprint density at radius 2 is 1.97 bits per heavy atom. The number of carbonyl (C=O) groups excluding carboxylic acids is 1. The predicted octanol–water partition coefficient (Wildman–Crippen LogP) is 6.10. The van der Waals surface area contributed by atoms with Gasteiger partial charge in [-0.15, -0.1) is 6.58 Å². The number of benzene rings is 3. The van der Waals surface area contributed by atoms with Crippen LogP contribution in [0.1, 0.15) is 24.8 Å². The predicted molar refractivity (Wildman–Crippen MR) is 137 cm³/mol. The van der Waals surface area contributed by atoms with Crippen LogP contribution in [0.25, 0.3) is 10.8 Å². The van der Waals surface area contributed by atoms with Crippen LogP contribution in [0.15, 0.2) is 73.3 Å². The minimum atomic E-state index is -0.0939. The zero-order valence-electron chi connectivity index (χ0n) is 19.4. The summed E-state index contributed by atoms with van der Waals surface area (Å²) in [5.41, 5.74) is 2.94. The van der Waals surface area contributed by atoms with Gasteiger partial charge in [0.1, 0.15) is 5.75 Å². The van der Waals surface area contributed by atoms with Crippen molar-refractivity contribution >= 4 is 28.2 Å². The van der Waals surface area contributed by atoms with Crippen LogP contribution in [0.3, 0.4) is 0 Å². The highest BCUT2D eigenvalue weighted by Gasteiger charge is 2.23. The molecule has 1 N–H and O–H groups in total. The number of nitrogens with one attached hydrogen (secondary N) is 1. The Morgan fingerprint density at radius 1 is 1.12 bits per heavy atom. The van der Waals surface area contributed by atoms with Gasteiger partial charge in [-0.1, -0.05) is 36.4 Å². The third-order valence-electron chi connectivity index (χ3n) is 6.06. The number of ether oxygens (including phenoxy) is 1. The lowest BCUT2D eigenvalue weighted by atomic mass is 10.0. The number of carbonyl (C=O) groups is 1. The largest absolute Gasteiger partial charge is 0.494 e. The Bertz CT molecular complexity index is 1110. The first kappa shape index (κ1) is 22.9. The SMILES string of the molecule is C=CCN(C)CCCCOc1ccc2c(c1)CCCN2C(=O)Nc1ccc2ccccc2c1. The smallest absolute Gasteiger partial charge is 0.326 e. The lowest BCUT2D eigenvalue weighted by molar-refractivity contribution is 0.256. The van der Waals surface area contributed by atoms with Gasteiger partial charge >= 0.3 is 6.03 Å². The third-order valence-corrected chi connectivity index (χ3v) is 6.06. The van der Waals surface area contributed by atoms with E-state index >= 15 is 0 Å². The zero-order chi connectivity index (χ0) is 23.0. The highest BCUT2D eigenvalue weighted by molar-refractivity contribution is 6.03. The van der Waals surface area contributed by atoms with Crippen LogP contribution < -0.4 is 15.0 Å². The van der Waals surface area contributed by atoms with E-state index < -0.39 is 0 Å². The molecule has 2 amide bonds. The monoisotopic (exact) mass is 443 g/mol. The van der Waals surface area contributed by atoms with Gasteiger partial charge in [0.25, 0.3) is 0 Å². The van der Waals surface area contributed by atoms with Gasteiger partial charge in [-0.25, -0.2) is 4.79 Å². The number of nitrogens with zero attached hydrogens (tertiary/aromatic N) is 2. The van der Waals surface area contributed by atoms with Crippen LogP contribution in [-0.4, -0.2) is 44.2 Å². The van der Waals surface area contributed by atoms with Gasteiger partial charge in [-0.2, -0.15) is 0 Å². The molecular formula is C28H33N3O2. The van der Waals surface area contributed by atoms with Crippen LogP contribution in [0.4, 0.5) is 16.2 Å². The van der Waals surface area contributed by atoms with Crippen molar-refractivity contribution < 1.29 is 9.53 Å². The van der Waals surface area contributed by atoms with Gasteiger partial charge in [-0.3, -0.25) is 4.90 Å². The van der Waals surface area contributed by atoms with Gasteiger partial charge < -0.3 is 15.0 Å². The molecule has 0 atom stereocenters. The molecule has 33 heavy (non-hydrogen) atoms. The maximum atomic E-state index is 13.1. The average Bonchev–Trinajstić information content (AvgIpc) is 2.83. The second kappa shape index (κ2) is 11.0. The molecule has 0 unspecified atom stereocenters. The van der Waals surface area contributed by atoms with Crippen LogP contribution >= 0.6 is 0 Å². The summed E-state index contributed by atoms with van der Waals surface area (Å²) in [6, 6.07) is 20.2. The van der Waals surface area contributed by atoms with E-state index in [1.807, 2.05) is 53.4 Å². The molecule has 0 saturated heterocycles. The third kappa shape index (κ3) is 5.93. The molecule has 1 heterocycles. The van der Waals surface area contributed by atoms with Crippen LogP contribution in [-0.2, 0) is 6.42 Å². The van der Waals surface area contributed by atoms with E-state index in [1.165, 1.54) is 0 Å². The van der Waals surface area contributed by atoms with Gasteiger partial charge in [0.2, 0.25) is 0 Å². The molecule has 172 valence electrons. The molecule has 0 bridgehead atoms. The fraction of sp³-hybridized carbons (Fsp3) is 0.321. The van der Waals surface area contributed by atoms with Gasteiger partial charge in [0.15, 0.2) is 0 Å². The average molecular weight is 444 g/mol. The maximum absolute atomic E-state index is 13.1. The number of urea groups is 1. The van der Waals surface area contributed by atoms with Crippen molar-refractivity contribution in [1.82, 2.24) is 4.90 Å². The topological polar surface area (TPSA) is 44.8 Å². The number of amides is 2. The van der Waals surface area contributed by atoms with Gasteiger partial charge in [-0.05, 0) is 85.9 Å². The highest BCUT2D eigenvalue weighted by atomic mass is 16.5. The minimum Gasteiger partial charge on any atom is -0.494 e. The summed E-state index contributed by atoms with van der Waals surface area (Å²) < 4.78 is 5.99. The molecule has 5 nitrogen and oxygen atoms in total. The number of hydrogen-bond acceptors (Lipinski definition) is 3. The molecule has 0 saturated carbocycles. The quantitative estimate of drug-likeness (QED) is 0.321. The zero-order valence-corrected chi connectivity index (χ0v) is 19.4. The van der Waals surface area contributed by atoms with E-state index in [4.69, 9.17) is 4.74 Å². The summed E-state index contributed by atoms with van der Waals surface area (Å²) in [7, 11) is 2.11. The molecule has 0 aromatic heterocycles. The van der Waals surface area contributed by atoms with Crippen molar-refractivity contribution in [2.24, 2.45) is 0 Å². The molecule has 4 rings (SSSR count). The number of anilines is 2. The maximum Gasteiger partial charge on any atom is 0.326 e. The van der Waals surface area contributed by atoms with Gasteiger partial charge in [0, 0.05) is 24.5 Å². The normalized spacial score (nSPS) is 13.1. The summed E-state index contributed by atoms with van der Waals surface area (Å²) >= 11 is 0. The molecule has 1 aliphatic heterocycles. The molecule has 0 radical (unpaired) electrons. The molecule has 0 fully saturated rings. The van der Waals surface area contributed by atoms with Crippen molar-refractivity contribution in [2.75, 3.05) is 43.5 Å². The summed E-state index contributed by atoms with van der Waals surface area (Å²) in [5, 5.41) is 5.35. The van der Waals surface area contributed by atoms with E-state index in [-0.39, 0.29) is 6.03 Å². The fourth-order valence-corrected chi connectivity index (χ4v) is 4.32. The van der Waals surface area contributed by atoms with Crippen molar-refractivity contribution in [3.8, 4) is 5.75 Å². The second-order valence-corrected chi connectivity index (χ2v) is 8.64.